The minimum absolute atomic E-state index is 0.0250. The smallest absolute Gasteiger partial charge is 0.210 e. The molecule has 108 valence electrons. The van der Waals surface area contributed by atoms with Crippen LogP contribution in [-0.4, -0.2) is 26.4 Å². The van der Waals surface area contributed by atoms with Crippen LogP contribution in [0.2, 0.25) is 0 Å². The number of nitrogens with zero attached hydrogens (tertiary/aromatic N) is 4. The molecule has 0 saturated carbocycles. The normalized spacial score (nSPS) is 11.8. The first kappa shape index (κ1) is 15.1. The maximum absolute atomic E-state index is 11.9. The molecule has 2 aromatic heterocycles. The van der Waals surface area contributed by atoms with Crippen molar-refractivity contribution in [3.8, 4) is 16.8 Å². The predicted octanol–water partition coefficient (Wildman–Crippen LogP) is 1.14. The molecule has 0 unspecified atom stereocenters. The number of hydrogen-bond acceptors (Lipinski definition) is 8. The summed E-state index contributed by atoms with van der Waals surface area (Å²) in [6.45, 7) is 1.52. The molecule has 0 bridgehead atoms. The van der Waals surface area contributed by atoms with E-state index >= 15 is 0 Å². The molecule has 2 heterocycles. The van der Waals surface area contributed by atoms with Gasteiger partial charge in [-0.05, 0) is 18.4 Å². The summed E-state index contributed by atoms with van der Waals surface area (Å²) >= 11 is 2.61. The van der Waals surface area contributed by atoms with Crippen molar-refractivity contribution < 1.29 is 4.79 Å². The molecule has 0 aliphatic heterocycles. The Morgan fingerprint density at radius 2 is 2.33 bits per heavy atom. The lowest BCUT2D eigenvalue weighted by atomic mass is 10.2. The van der Waals surface area contributed by atoms with E-state index in [1.54, 1.807) is 6.07 Å². The molecule has 4 N–H and O–H groups in total. The third-order valence-corrected chi connectivity index (χ3v) is 4.33. The Morgan fingerprint density at radius 3 is 2.90 bits per heavy atom. The van der Waals surface area contributed by atoms with E-state index in [-0.39, 0.29) is 22.8 Å². The van der Waals surface area contributed by atoms with Gasteiger partial charge >= 0.3 is 0 Å². The lowest BCUT2D eigenvalue weighted by Gasteiger charge is -2.02. The van der Waals surface area contributed by atoms with Crippen molar-refractivity contribution in [3.05, 3.63) is 28.8 Å². The Balaban J connectivity index is 2.11. The Labute approximate surface area is 129 Å². The van der Waals surface area contributed by atoms with Crippen molar-refractivity contribution in [3.63, 3.8) is 0 Å². The molecule has 0 aliphatic rings. The number of carbonyl (C=O) groups is 1. The monoisotopic (exact) mass is 320 g/mol. The van der Waals surface area contributed by atoms with Crippen LogP contribution < -0.4 is 11.6 Å². The summed E-state index contributed by atoms with van der Waals surface area (Å²) in [6, 6.07) is 5.57. The van der Waals surface area contributed by atoms with Gasteiger partial charge in [0.15, 0.2) is 11.6 Å². The van der Waals surface area contributed by atoms with Crippen LogP contribution in [-0.2, 0) is 4.79 Å². The zero-order valence-electron chi connectivity index (χ0n) is 11.1. The number of nitrogen functional groups attached to an aromatic ring is 1. The first-order chi connectivity index (χ1) is 10.0. The van der Waals surface area contributed by atoms with Gasteiger partial charge in [0.2, 0.25) is 5.16 Å². The average Bonchev–Trinajstić information content (AvgIpc) is 3.06. The first-order valence-corrected chi connectivity index (χ1v) is 7.68. The number of ketones is 1. The number of allylic oxidation sites excluding steroid dienone is 2. The SMILES string of the molecule is C/C(N)=C(\C#N)C(=O)CSc1nnc(-c2cccs2)n1N. The fourth-order valence-corrected chi connectivity index (χ4v) is 2.96. The van der Waals surface area contributed by atoms with Gasteiger partial charge in [0.25, 0.3) is 0 Å². The van der Waals surface area contributed by atoms with Crippen LogP contribution in [0.5, 0.6) is 0 Å². The van der Waals surface area contributed by atoms with E-state index in [0.717, 1.165) is 16.6 Å². The highest BCUT2D eigenvalue weighted by molar-refractivity contribution is 7.99. The van der Waals surface area contributed by atoms with Crippen molar-refractivity contribution in [2.45, 2.75) is 12.1 Å². The van der Waals surface area contributed by atoms with Crippen LogP contribution >= 0.6 is 23.1 Å². The minimum atomic E-state index is -0.358. The van der Waals surface area contributed by atoms with E-state index in [2.05, 4.69) is 10.2 Å². The van der Waals surface area contributed by atoms with Crippen LogP contribution in [0.1, 0.15) is 6.92 Å². The highest BCUT2D eigenvalue weighted by Crippen LogP contribution is 2.25. The van der Waals surface area contributed by atoms with Gasteiger partial charge in [-0.15, -0.1) is 21.5 Å². The lowest BCUT2D eigenvalue weighted by molar-refractivity contribution is -0.112. The van der Waals surface area contributed by atoms with E-state index in [4.69, 9.17) is 16.8 Å². The topological polar surface area (TPSA) is 124 Å². The number of nitrogens with two attached hydrogens (primary N) is 2. The van der Waals surface area contributed by atoms with Gasteiger partial charge in [-0.3, -0.25) is 4.79 Å². The number of thiophene rings is 1. The zero-order valence-corrected chi connectivity index (χ0v) is 12.7. The van der Waals surface area contributed by atoms with Crippen LogP contribution in [0.4, 0.5) is 0 Å². The molecule has 0 aliphatic carbocycles. The quantitative estimate of drug-likeness (QED) is 0.366. The fourth-order valence-electron chi connectivity index (χ4n) is 1.52. The summed E-state index contributed by atoms with van der Waals surface area (Å²) < 4.78 is 1.33. The van der Waals surface area contributed by atoms with E-state index in [1.807, 2.05) is 17.5 Å². The van der Waals surface area contributed by atoms with E-state index in [1.165, 1.54) is 22.9 Å². The van der Waals surface area contributed by atoms with E-state index in [9.17, 15) is 4.79 Å². The molecule has 2 aromatic rings. The van der Waals surface area contributed by atoms with Gasteiger partial charge in [-0.1, -0.05) is 17.8 Å². The number of hydrogen-bond donors (Lipinski definition) is 2. The predicted molar refractivity (Wildman–Crippen MR) is 81.7 cm³/mol. The van der Waals surface area contributed by atoms with Crippen LogP contribution in [0.25, 0.3) is 10.7 Å². The summed E-state index contributed by atoms with van der Waals surface area (Å²) in [6.07, 6.45) is 0. The first-order valence-electron chi connectivity index (χ1n) is 5.81. The molecule has 0 aromatic carbocycles. The highest BCUT2D eigenvalue weighted by atomic mass is 32.2. The summed E-state index contributed by atoms with van der Waals surface area (Å²) in [5, 5.41) is 19.1. The van der Waals surface area contributed by atoms with Crippen molar-refractivity contribution in [1.82, 2.24) is 14.9 Å². The van der Waals surface area contributed by atoms with Crippen LogP contribution in [0.3, 0.4) is 0 Å². The average molecular weight is 320 g/mol. The molecule has 0 amide bonds. The van der Waals surface area contributed by atoms with Crippen LogP contribution in [0, 0.1) is 11.3 Å². The van der Waals surface area contributed by atoms with Gasteiger partial charge in [0.05, 0.1) is 10.6 Å². The number of aromatic nitrogens is 3. The maximum Gasteiger partial charge on any atom is 0.210 e. The third kappa shape index (κ3) is 3.24. The zero-order chi connectivity index (χ0) is 15.4. The molecule has 2 rings (SSSR count). The number of Topliss-reactive ketones (excluding diaryl/α,β-unsaturated/α-hetero) is 1. The third-order valence-electron chi connectivity index (χ3n) is 2.52. The van der Waals surface area contributed by atoms with Gasteiger partial charge in [0.1, 0.15) is 11.6 Å². The fraction of sp³-hybridized carbons (Fsp3) is 0.167. The van der Waals surface area contributed by atoms with Gasteiger partial charge < -0.3 is 11.6 Å². The summed E-state index contributed by atoms with van der Waals surface area (Å²) in [7, 11) is 0. The lowest BCUT2D eigenvalue weighted by Crippen LogP contribution is -2.14. The van der Waals surface area contributed by atoms with Crippen molar-refractivity contribution in [2.24, 2.45) is 5.73 Å². The molecule has 0 fully saturated rings. The Bertz CT molecular complexity index is 722. The molecule has 0 spiro atoms. The molecule has 0 saturated heterocycles. The van der Waals surface area contributed by atoms with Crippen molar-refractivity contribution in [2.75, 3.05) is 11.6 Å². The van der Waals surface area contributed by atoms with Gasteiger partial charge in [-0.25, -0.2) is 4.68 Å². The summed E-state index contributed by atoms with van der Waals surface area (Å²) in [5.74, 6) is 6.11. The maximum atomic E-state index is 11.9. The molecule has 9 heteroatoms. The number of carbonyl (C=O) groups excluding carboxylic acids is 1. The molecular formula is C12H12N6OS2. The molecule has 21 heavy (non-hydrogen) atoms. The largest absolute Gasteiger partial charge is 0.401 e. The van der Waals surface area contributed by atoms with Crippen molar-refractivity contribution in [1.29, 1.82) is 5.26 Å². The highest BCUT2D eigenvalue weighted by Gasteiger charge is 2.16. The van der Waals surface area contributed by atoms with Gasteiger partial charge in [0, 0.05) is 5.70 Å². The second kappa shape index (κ2) is 6.43. The molecule has 7 nitrogen and oxygen atoms in total. The molecule has 0 atom stereocenters. The van der Waals surface area contributed by atoms with Crippen LogP contribution in [0.15, 0.2) is 33.9 Å². The Morgan fingerprint density at radius 1 is 1.57 bits per heavy atom. The number of nitriles is 1. The second-order valence-electron chi connectivity index (χ2n) is 4.04. The Hall–Kier alpha value is -2.31. The van der Waals surface area contributed by atoms with Gasteiger partial charge in [-0.2, -0.15) is 5.26 Å². The summed E-state index contributed by atoms with van der Waals surface area (Å²) in [4.78, 5) is 12.7. The van der Waals surface area contributed by atoms with Crippen molar-refractivity contribution >= 4 is 28.9 Å². The molecule has 0 radical (unpaired) electrons. The minimum Gasteiger partial charge on any atom is -0.401 e. The number of thioether (sulfide) groups is 1. The summed E-state index contributed by atoms with van der Waals surface area (Å²) in [5.41, 5.74) is 5.65. The van der Waals surface area contributed by atoms with E-state index < -0.39 is 0 Å². The van der Waals surface area contributed by atoms with E-state index in [0.29, 0.717) is 11.0 Å². The number of rotatable bonds is 5. The molecular weight excluding hydrogens is 308 g/mol. The second-order valence-corrected chi connectivity index (χ2v) is 5.93. The standard InChI is InChI=1S/C12H12N6OS2/c1-7(14)8(5-13)9(19)6-21-12-17-16-11(18(12)15)10-3-2-4-20-10/h2-4H,6,14-15H2,1H3/b8-7-. The Kier molecular flexibility index (Phi) is 4.62.